The number of ether oxygens (including phenoxy) is 1. The monoisotopic (exact) mass is 430 g/mol. The second kappa shape index (κ2) is 8.60. The summed E-state index contributed by atoms with van der Waals surface area (Å²) in [6.07, 6.45) is 10.2. The van der Waals surface area contributed by atoms with E-state index in [1.54, 1.807) is 24.0 Å². The lowest BCUT2D eigenvalue weighted by Gasteiger charge is -2.45. The second-order valence-corrected chi connectivity index (χ2v) is 9.96. The van der Waals surface area contributed by atoms with Crippen LogP contribution in [0.25, 0.3) is 0 Å². The van der Waals surface area contributed by atoms with Gasteiger partial charge in [-0.05, 0) is 52.7 Å². The number of amides is 2. The van der Waals surface area contributed by atoms with E-state index in [-0.39, 0.29) is 37.2 Å². The van der Waals surface area contributed by atoms with Crippen LogP contribution in [0.5, 0.6) is 0 Å². The topological polar surface area (TPSA) is 92.8 Å². The number of likely N-dealkylation sites (tertiary alicyclic amines) is 1. The Kier molecular flexibility index (Phi) is 6.44. The Morgan fingerprint density at radius 2 is 1.74 bits per heavy atom. The minimum atomic E-state index is -0.942. The molecule has 0 aromatic heterocycles. The molecule has 31 heavy (non-hydrogen) atoms. The summed E-state index contributed by atoms with van der Waals surface area (Å²) in [5.41, 5.74) is -2.17. The number of carbonyl (C=O) groups excluding carboxylic acids is 4. The number of rotatable bonds is 5. The predicted octanol–water partition coefficient (Wildman–Crippen LogP) is 2.70. The van der Waals surface area contributed by atoms with Gasteiger partial charge in [0.05, 0.1) is 18.9 Å². The van der Waals surface area contributed by atoms with Crippen LogP contribution in [0, 0.1) is 11.3 Å². The summed E-state index contributed by atoms with van der Waals surface area (Å²) in [6.45, 7) is 8.01. The number of hydrogen-bond acceptors (Lipinski definition) is 5. The van der Waals surface area contributed by atoms with Gasteiger partial charge in [-0.1, -0.05) is 31.4 Å². The van der Waals surface area contributed by atoms with Crippen molar-refractivity contribution in [3.05, 3.63) is 24.3 Å². The number of carbonyl (C=O) groups is 4. The maximum atomic E-state index is 13.8. The first-order valence-electron chi connectivity index (χ1n) is 11.3. The van der Waals surface area contributed by atoms with Crippen LogP contribution in [-0.4, -0.2) is 52.7 Å². The van der Waals surface area contributed by atoms with Gasteiger partial charge in [0.1, 0.15) is 5.54 Å². The number of hydrogen-bond donors (Lipinski definition) is 1. The largest absolute Gasteiger partial charge is 0.466 e. The van der Waals surface area contributed by atoms with Crippen LogP contribution >= 0.6 is 0 Å². The Labute approximate surface area is 184 Å². The van der Waals surface area contributed by atoms with Gasteiger partial charge in [0.2, 0.25) is 11.8 Å². The highest BCUT2D eigenvalue weighted by molar-refractivity contribution is 6.02. The third kappa shape index (κ3) is 4.60. The van der Waals surface area contributed by atoms with Crippen molar-refractivity contribution in [2.24, 2.45) is 11.3 Å². The highest BCUT2D eigenvalue weighted by Crippen LogP contribution is 2.48. The van der Waals surface area contributed by atoms with E-state index in [1.807, 2.05) is 20.8 Å². The molecule has 0 aromatic rings. The van der Waals surface area contributed by atoms with Gasteiger partial charge in [-0.25, -0.2) is 0 Å². The quantitative estimate of drug-likeness (QED) is 0.677. The lowest BCUT2D eigenvalue weighted by Crippen LogP contribution is -2.63. The molecule has 0 aromatic carbocycles. The first-order chi connectivity index (χ1) is 14.5. The molecule has 1 saturated carbocycles. The molecule has 0 radical (unpaired) electrons. The van der Waals surface area contributed by atoms with Crippen LogP contribution in [0.1, 0.15) is 66.2 Å². The highest BCUT2D eigenvalue weighted by atomic mass is 16.5. The molecular weight excluding hydrogens is 396 g/mol. The van der Waals surface area contributed by atoms with Crippen LogP contribution in [0.15, 0.2) is 24.3 Å². The Hall–Kier alpha value is -2.44. The molecule has 1 N–H and O–H groups in total. The van der Waals surface area contributed by atoms with E-state index in [1.165, 1.54) is 12.2 Å². The maximum Gasteiger partial charge on any atom is 0.306 e. The smallest absolute Gasteiger partial charge is 0.306 e. The molecule has 3 rings (SSSR count). The van der Waals surface area contributed by atoms with Gasteiger partial charge in [-0.2, -0.15) is 0 Å². The molecule has 170 valence electrons. The second-order valence-electron chi connectivity index (χ2n) is 9.96. The minimum Gasteiger partial charge on any atom is -0.466 e. The van der Waals surface area contributed by atoms with Crippen molar-refractivity contribution in [3.63, 3.8) is 0 Å². The summed E-state index contributed by atoms with van der Waals surface area (Å²) < 4.78 is 5.12. The van der Waals surface area contributed by atoms with Gasteiger partial charge in [0.15, 0.2) is 5.78 Å². The van der Waals surface area contributed by atoms with Crippen molar-refractivity contribution >= 4 is 23.6 Å². The van der Waals surface area contributed by atoms with E-state index >= 15 is 0 Å². The summed E-state index contributed by atoms with van der Waals surface area (Å²) in [4.78, 5) is 53.1. The molecule has 1 aliphatic heterocycles. The zero-order valence-corrected chi connectivity index (χ0v) is 19.0. The van der Waals surface area contributed by atoms with Crippen molar-refractivity contribution in [1.29, 1.82) is 0 Å². The van der Waals surface area contributed by atoms with E-state index in [9.17, 15) is 19.2 Å². The third-order valence-electron chi connectivity index (χ3n) is 6.55. The molecule has 7 heteroatoms. The fourth-order valence-corrected chi connectivity index (χ4v) is 5.04. The highest BCUT2D eigenvalue weighted by Gasteiger charge is 2.59. The van der Waals surface area contributed by atoms with Gasteiger partial charge >= 0.3 is 5.97 Å². The predicted molar refractivity (Wildman–Crippen MR) is 116 cm³/mol. The molecule has 1 unspecified atom stereocenters. The Morgan fingerprint density at radius 1 is 1.13 bits per heavy atom. The Bertz CT molecular complexity index is 798. The van der Waals surface area contributed by atoms with Gasteiger partial charge < -0.3 is 15.0 Å². The van der Waals surface area contributed by atoms with Crippen LogP contribution in [0.2, 0.25) is 0 Å². The third-order valence-corrected chi connectivity index (χ3v) is 6.55. The lowest BCUT2D eigenvalue weighted by atomic mass is 9.73. The molecule has 0 bridgehead atoms. The normalized spacial score (nSPS) is 24.5. The average molecular weight is 431 g/mol. The van der Waals surface area contributed by atoms with Gasteiger partial charge in [0, 0.05) is 17.5 Å². The van der Waals surface area contributed by atoms with E-state index < -0.39 is 28.4 Å². The van der Waals surface area contributed by atoms with Gasteiger partial charge in [-0.3, -0.25) is 19.2 Å². The zero-order chi connectivity index (χ0) is 22.9. The summed E-state index contributed by atoms with van der Waals surface area (Å²) >= 11 is 0. The summed E-state index contributed by atoms with van der Waals surface area (Å²) in [5, 5.41) is 3.09. The zero-order valence-electron chi connectivity index (χ0n) is 19.0. The first kappa shape index (κ1) is 23.2. The number of allylic oxidation sites excluding steroid dienone is 2. The standard InChI is InChI=1S/C24H34N2O5/c1-5-31-19(28)15-18-20(29)26(16-23(18)13-9-17(27)10-14-23)24(11-7-6-8-12-24)21(30)25-22(2,3)4/h9-10,13-14,18H,5-8,11-12,15-16H2,1-4H3,(H,25,30). The summed E-state index contributed by atoms with van der Waals surface area (Å²) in [7, 11) is 0. The molecule has 3 aliphatic rings. The van der Waals surface area contributed by atoms with Gasteiger partial charge in [-0.15, -0.1) is 0 Å². The SMILES string of the molecule is CCOC(=O)CC1C(=O)N(C2(C(=O)NC(C)(C)C)CCCCC2)CC12C=CC(=O)C=C2. The Balaban J connectivity index is 2.00. The van der Waals surface area contributed by atoms with Crippen molar-refractivity contribution in [2.45, 2.75) is 77.3 Å². The molecule has 1 atom stereocenters. The lowest BCUT2D eigenvalue weighted by molar-refractivity contribution is -0.152. The summed E-state index contributed by atoms with van der Waals surface area (Å²) in [5.74, 6) is -1.65. The fourth-order valence-electron chi connectivity index (χ4n) is 5.04. The van der Waals surface area contributed by atoms with Crippen LogP contribution < -0.4 is 5.32 Å². The first-order valence-corrected chi connectivity index (χ1v) is 11.3. The van der Waals surface area contributed by atoms with Crippen molar-refractivity contribution in [3.8, 4) is 0 Å². The number of esters is 1. The maximum absolute atomic E-state index is 13.8. The van der Waals surface area contributed by atoms with E-state index in [0.717, 1.165) is 19.3 Å². The van der Waals surface area contributed by atoms with Crippen LogP contribution in [0.4, 0.5) is 0 Å². The van der Waals surface area contributed by atoms with E-state index in [2.05, 4.69) is 5.32 Å². The van der Waals surface area contributed by atoms with Crippen LogP contribution in [0.3, 0.4) is 0 Å². The number of ketones is 1. The number of nitrogens with one attached hydrogen (secondary N) is 1. The summed E-state index contributed by atoms with van der Waals surface area (Å²) in [6, 6.07) is 0. The van der Waals surface area contributed by atoms with E-state index in [0.29, 0.717) is 12.8 Å². The molecule has 1 heterocycles. The van der Waals surface area contributed by atoms with Crippen molar-refractivity contribution < 1.29 is 23.9 Å². The Morgan fingerprint density at radius 3 is 2.29 bits per heavy atom. The molecule has 7 nitrogen and oxygen atoms in total. The number of nitrogens with zero attached hydrogens (tertiary/aromatic N) is 1. The molecular formula is C24H34N2O5. The van der Waals surface area contributed by atoms with Crippen molar-refractivity contribution in [2.75, 3.05) is 13.2 Å². The fraction of sp³-hybridized carbons (Fsp3) is 0.667. The minimum absolute atomic E-state index is 0.0803. The molecule has 1 spiro atoms. The van der Waals surface area contributed by atoms with E-state index in [4.69, 9.17) is 4.74 Å². The molecule has 1 saturated heterocycles. The van der Waals surface area contributed by atoms with Gasteiger partial charge in [0.25, 0.3) is 0 Å². The van der Waals surface area contributed by atoms with Crippen LogP contribution in [-0.2, 0) is 23.9 Å². The molecule has 2 aliphatic carbocycles. The van der Waals surface area contributed by atoms with Crippen molar-refractivity contribution in [1.82, 2.24) is 10.2 Å². The molecule has 2 fully saturated rings. The molecule has 2 amide bonds. The average Bonchev–Trinajstić information content (AvgIpc) is 2.96.